The van der Waals surface area contributed by atoms with Gasteiger partial charge >= 0.3 is 12.1 Å². The summed E-state index contributed by atoms with van der Waals surface area (Å²) in [6.07, 6.45) is -4.21. The summed E-state index contributed by atoms with van der Waals surface area (Å²) in [6.45, 7) is 2.13. The molecule has 6 nitrogen and oxygen atoms in total. The van der Waals surface area contributed by atoms with E-state index in [0.717, 1.165) is 18.5 Å². The van der Waals surface area contributed by atoms with Crippen LogP contribution in [0.1, 0.15) is 23.9 Å². The second-order valence-corrected chi connectivity index (χ2v) is 6.09. The smallest absolute Gasteiger partial charge is 0.392 e. The van der Waals surface area contributed by atoms with Crippen molar-refractivity contribution in [3.05, 3.63) is 35.7 Å². The second kappa shape index (κ2) is 7.11. The third-order valence-corrected chi connectivity index (χ3v) is 4.25. The Morgan fingerprint density at radius 2 is 2.24 bits per heavy atom. The molecule has 1 aliphatic rings. The molecule has 2 heterocycles. The molecular formula is C16H19F3N4O2. The standard InChI is InChI=1S/C16H19F3N4O2/c1-20-13(9-23-6-5-12(24)8-23)10-3-2-4-11(7-10)14-21-15(25-22-14)16(17,18)19/h2-4,7,12-13,20,24H,5-6,8-9H2,1H3/t12-,13-/m1/s1. The number of likely N-dealkylation sites (N-methyl/N-ethyl adjacent to an activating group) is 1. The molecule has 1 aliphatic heterocycles. The minimum absolute atomic E-state index is 0.0285. The van der Waals surface area contributed by atoms with E-state index in [-0.39, 0.29) is 18.0 Å². The molecule has 0 aliphatic carbocycles. The molecule has 136 valence electrons. The van der Waals surface area contributed by atoms with Gasteiger partial charge in [-0.15, -0.1) is 0 Å². The van der Waals surface area contributed by atoms with Crippen molar-refractivity contribution >= 4 is 0 Å². The number of nitrogens with zero attached hydrogens (tertiary/aromatic N) is 3. The molecule has 9 heteroatoms. The number of aliphatic hydroxyl groups is 1. The molecule has 1 aromatic heterocycles. The molecule has 3 rings (SSSR count). The number of aliphatic hydroxyl groups excluding tert-OH is 1. The second-order valence-electron chi connectivity index (χ2n) is 6.09. The fourth-order valence-corrected chi connectivity index (χ4v) is 2.95. The molecule has 2 N–H and O–H groups in total. The number of rotatable bonds is 5. The molecule has 0 unspecified atom stereocenters. The number of β-amino-alcohol motifs (C(OH)–C–C–N with tert-alkyl or cyclic N) is 1. The van der Waals surface area contributed by atoms with Crippen molar-refractivity contribution in [1.82, 2.24) is 20.4 Å². The number of likely N-dealkylation sites (tertiary alicyclic amines) is 1. The number of benzene rings is 1. The van der Waals surface area contributed by atoms with E-state index in [0.29, 0.717) is 18.7 Å². The number of hydrogen-bond acceptors (Lipinski definition) is 6. The highest BCUT2D eigenvalue weighted by atomic mass is 19.4. The van der Waals surface area contributed by atoms with Crippen molar-refractivity contribution in [3.63, 3.8) is 0 Å². The summed E-state index contributed by atoms with van der Waals surface area (Å²) >= 11 is 0. The van der Waals surface area contributed by atoms with E-state index in [2.05, 4.69) is 24.9 Å². The first-order valence-electron chi connectivity index (χ1n) is 7.95. The van der Waals surface area contributed by atoms with E-state index in [1.807, 2.05) is 13.1 Å². The van der Waals surface area contributed by atoms with Gasteiger partial charge in [-0.1, -0.05) is 23.4 Å². The van der Waals surface area contributed by atoms with Gasteiger partial charge in [0.15, 0.2) is 0 Å². The van der Waals surface area contributed by atoms with Crippen LogP contribution < -0.4 is 5.32 Å². The van der Waals surface area contributed by atoms with Crippen molar-refractivity contribution in [2.45, 2.75) is 24.7 Å². The van der Waals surface area contributed by atoms with Gasteiger partial charge in [0.25, 0.3) is 0 Å². The fourth-order valence-electron chi connectivity index (χ4n) is 2.95. The van der Waals surface area contributed by atoms with Crippen molar-refractivity contribution in [3.8, 4) is 11.4 Å². The minimum atomic E-state index is -4.66. The third kappa shape index (κ3) is 4.17. The van der Waals surface area contributed by atoms with Crippen LogP contribution in [0.15, 0.2) is 28.8 Å². The molecule has 0 saturated carbocycles. The van der Waals surface area contributed by atoms with Crippen LogP contribution in [0.2, 0.25) is 0 Å². The molecule has 1 saturated heterocycles. The topological polar surface area (TPSA) is 74.4 Å². The van der Waals surface area contributed by atoms with E-state index < -0.39 is 12.1 Å². The van der Waals surface area contributed by atoms with Crippen LogP contribution in [-0.4, -0.2) is 52.9 Å². The third-order valence-electron chi connectivity index (χ3n) is 4.25. The maximum Gasteiger partial charge on any atom is 0.471 e. The molecule has 0 bridgehead atoms. The minimum Gasteiger partial charge on any atom is -0.392 e. The van der Waals surface area contributed by atoms with Crippen molar-refractivity contribution in [1.29, 1.82) is 0 Å². The number of halogens is 3. The van der Waals surface area contributed by atoms with Gasteiger partial charge in [-0.05, 0) is 25.1 Å². The average molecular weight is 356 g/mol. The highest BCUT2D eigenvalue weighted by molar-refractivity contribution is 5.55. The number of nitrogens with one attached hydrogen (secondary N) is 1. The van der Waals surface area contributed by atoms with Gasteiger partial charge in [0.05, 0.1) is 6.10 Å². The van der Waals surface area contributed by atoms with Crippen LogP contribution in [-0.2, 0) is 6.18 Å². The predicted molar refractivity (Wildman–Crippen MR) is 83.6 cm³/mol. The molecule has 1 aromatic carbocycles. The first kappa shape index (κ1) is 17.8. The highest BCUT2D eigenvalue weighted by Gasteiger charge is 2.38. The lowest BCUT2D eigenvalue weighted by Gasteiger charge is -2.23. The molecule has 2 aromatic rings. The van der Waals surface area contributed by atoms with Gasteiger partial charge in [-0.3, -0.25) is 4.90 Å². The predicted octanol–water partition coefficient (Wildman–Crippen LogP) is 2.08. The Labute approximate surface area is 142 Å². The van der Waals surface area contributed by atoms with Gasteiger partial charge in [-0.2, -0.15) is 18.2 Å². The van der Waals surface area contributed by atoms with Crippen LogP contribution >= 0.6 is 0 Å². The number of aromatic nitrogens is 2. The van der Waals surface area contributed by atoms with Crippen LogP contribution in [0.4, 0.5) is 13.2 Å². The van der Waals surface area contributed by atoms with Crippen LogP contribution in [0.3, 0.4) is 0 Å². The molecule has 1 fully saturated rings. The Bertz CT molecular complexity index is 719. The maximum atomic E-state index is 12.6. The first-order valence-corrected chi connectivity index (χ1v) is 7.95. The SMILES string of the molecule is CN[C@H](CN1CC[C@@H](O)C1)c1cccc(-c2noc(C(F)(F)F)n2)c1. The zero-order valence-corrected chi connectivity index (χ0v) is 13.6. The van der Waals surface area contributed by atoms with Crippen LogP contribution in [0.5, 0.6) is 0 Å². The van der Waals surface area contributed by atoms with E-state index >= 15 is 0 Å². The summed E-state index contributed by atoms with van der Waals surface area (Å²) in [5, 5.41) is 16.3. The average Bonchev–Trinajstić information content (AvgIpc) is 3.21. The summed E-state index contributed by atoms with van der Waals surface area (Å²) in [7, 11) is 1.82. The Balaban J connectivity index is 1.79. The molecule has 0 spiro atoms. The Kier molecular flexibility index (Phi) is 5.07. The summed E-state index contributed by atoms with van der Waals surface area (Å²) < 4.78 is 42.1. The lowest BCUT2D eigenvalue weighted by molar-refractivity contribution is -0.159. The van der Waals surface area contributed by atoms with Gasteiger partial charge in [0.2, 0.25) is 5.82 Å². The fraction of sp³-hybridized carbons (Fsp3) is 0.500. The Morgan fingerprint density at radius 1 is 1.44 bits per heavy atom. The van der Waals surface area contributed by atoms with E-state index in [1.165, 1.54) is 0 Å². The zero-order chi connectivity index (χ0) is 18.0. The van der Waals surface area contributed by atoms with Crippen LogP contribution in [0, 0.1) is 0 Å². The van der Waals surface area contributed by atoms with Gasteiger partial charge in [-0.25, -0.2) is 0 Å². The molecule has 0 amide bonds. The number of alkyl halides is 3. The van der Waals surface area contributed by atoms with Gasteiger partial charge in [0.1, 0.15) is 0 Å². The summed E-state index contributed by atoms with van der Waals surface area (Å²) in [5.41, 5.74) is 1.36. The lowest BCUT2D eigenvalue weighted by atomic mass is 10.0. The quantitative estimate of drug-likeness (QED) is 0.855. The van der Waals surface area contributed by atoms with Gasteiger partial charge < -0.3 is 14.9 Å². The van der Waals surface area contributed by atoms with Crippen molar-refractivity contribution in [2.75, 3.05) is 26.7 Å². The summed E-state index contributed by atoms with van der Waals surface area (Å²) in [4.78, 5) is 5.57. The first-order chi connectivity index (χ1) is 11.9. The molecule has 25 heavy (non-hydrogen) atoms. The molecular weight excluding hydrogens is 337 g/mol. The summed E-state index contributed by atoms with van der Waals surface area (Å²) in [6, 6.07) is 7.00. The van der Waals surface area contributed by atoms with Crippen LogP contribution in [0.25, 0.3) is 11.4 Å². The monoisotopic (exact) mass is 356 g/mol. The molecule has 2 atom stereocenters. The zero-order valence-electron chi connectivity index (χ0n) is 13.6. The number of hydrogen-bond donors (Lipinski definition) is 2. The normalized spacial score (nSPS) is 20.1. The highest BCUT2D eigenvalue weighted by Crippen LogP contribution is 2.30. The molecule has 0 radical (unpaired) electrons. The van der Waals surface area contributed by atoms with Gasteiger partial charge in [0, 0.05) is 31.2 Å². The summed E-state index contributed by atoms with van der Waals surface area (Å²) in [5.74, 6) is -1.45. The van der Waals surface area contributed by atoms with E-state index in [9.17, 15) is 18.3 Å². The largest absolute Gasteiger partial charge is 0.471 e. The van der Waals surface area contributed by atoms with Crippen molar-refractivity contribution < 1.29 is 22.8 Å². The lowest BCUT2D eigenvalue weighted by Crippen LogP contribution is -2.33. The maximum absolute atomic E-state index is 12.6. The Hall–Kier alpha value is -1.97. The van der Waals surface area contributed by atoms with Crippen molar-refractivity contribution in [2.24, 2.45) is 0 Å². The van der Waals surface area contributed by atoms with E-state index in [1.54, 1.807) is 18.2 Å². The Morgan fingerprint density at radius 3 is 2.84 bits per heavy atom. The van der Waals surface area contributed by atoms with E-state index in [4.69, 9.17) is 0 Å².